The summed E-state index contributed by atoms with van der Waals surface area (Å²) in [5, 5.41) is 2.77. The molecule has 0 aliphatic carbocycles. The molecule has 0 aliphatic heterocycles. The van der Waals surface area contributed by atoms with E-state index in [2.05, 4.69) is 5.32 Å². The minimum absolute atomic E-state index is 0.162. The Morgan fingerprint density at radius 2 is 1.80 bits per heavy atom. The molecule has 112 valence electrons. The number of benzene rings is 1. The van der Waals surface area contributed by atoms with Crippen LogP contribution in [0.2, 0.25) is 0 Å². The smallest absolute Gasteiger partial charge is 0.221 e. The molecule has 6 nitrogen and oxygen atoms in total. The summed E-state index contributed by atoms with van der Waals surface area (Å²) in [6.07, 6.45) is -0.0216. The van der Waals surface area contributed by atoms with E-state index in [0.717, 1.165) is 5.56 Å². The van der Waals surface area contributed by atoms with E-state index in [4.69, 9.17) is 18.9 Å². The summed E-state index contributed by atoms with van der Waals surface area (Å²) >= 11 is 0. The summed E-state index contributed by atoms with van der Waals surface area (Å²) in [4.78, 5) is 11.3. The lowest BCUT2D eigenvalue weighted by Gasteiger charge is -2.20. The minimum atomic E-state index is -0.441. The number of rotatable bonds is 7. The van der Waals surface area contributed by atoms with E-state index in [1.54, 1.807) is 40.6 Å². The molecule has 0 atom stereocenters. The number of methoxy groups -OCH3 is 4. The first kappa shape index (κ1) is 16.3. The minimum Gasteiger partial charge on any atom is -0.493 e. The fourth-order valence-electron chi connectivity index (χ4n) is 1.93. The molecule has 0 radical (unpaired) electrons. The van der Waals surface area contributed by atoms with Crippen molar-refractivity contribution in [2.75, 3.05) is 33.8 Å². The number of ether oxygens (including phenoxy) is 4. The van der Waals surface area contributed by atoms with E-state index >= 15 is 0 Å². The van der Waals surface area contributed by atoms with Crippen molar-refractivity contribution in [3.05, 3.63) is 17.7 Å². The Balaban J connectivity index is 3.26. The fourth-order valence-corrected chi connectivity index (χ4v) is 1.93. The van der Waals surface area contributed by atoms with E-state index < -0.39 is 6.29 Å². The monoisotopic (exact) mass is 283 g/mol. The predicted octanol–water partition coefficient (Wildman–Crippen LogP) is 1.82. The van der Waals surface area contributed by atoms with Gasteiger partial charge in [0.15, 0.2) is 17.8 Å². The van der Waals surface area contributed by atoms with Crippen molar-refractivity contribution in [1.82, 2.24) is 0 Å². The van der Waals surface area contributed by atoms with Gasteiger partial charge in [-0.1, -0.05) is 0 Å². The predicted molar refractivity (Wildman–Crippen MR) is 75.4 cm³/mol. The van der Waals surface area contributed by atoms with Crippen molar-refractivity contribution in [3.63, 3.8) is 0 Å². The zero-order valence-corrected chi connectivity index (χ0v) is 12.5. The van der Waals surface area contributed by atoms with Crippen LogP contribution < -0.4 is 14.8 Å². The maximum absolute atomic E-state index is 11.3. The second kappa shape index (κ2) is 7.72. The molecule has 1 amide bonds. The summed E-state index contributed by atoms with van der Waals surface area (Å²) in [7, 11) is 6.22. The van der Waals surface area contributed by atoms with Crippen molar-refractivity contribution < 1.29 is 23.7 Å². The van der Waals surface area contributed by atoms with Crippen LogP contribution in [-0.2, 0) is 20.7 Å². The molecule has 1 N–H and O–H groups in total. The maximum atomic E-state index is 11.3. The van der Waals surface area contributed by atoms with Gasteiger partial charge in [-0.25, -0.2) is 0 Å². The molecule has 0 heterocycles. The topological polar surface area (TPSA) is 66.0 Å². The highest BCUT2D eigenvalue weighted by molar-refractivity contribution is 5.90. The van der Waals surface area contributed by atoms with E-state index in [1.165, 1.54) is 6.92 Å². The second-order valence-corrected chi connectivity index (χ2v) is 4.11. The van der Waals surface area contributed by atoms with Crippen molar-refractivity contribution in [1.29, 1.82) is 0 Å². The van der Waals surface area contributed by atoms with E-state index in [0.29, 0.717) is 23.6 Å². The SMILES string of the molecule is COc1ccc(NC(C)=O)c(CC(OC)OC)c1OC. The van der Waals surface area contributed by atoms with Crippen molar-refractivity contribution >= 4 is 11.6 Å². The molecular weight excluding hydrogens is 262 g/mol. The van der Waals surface area contributed by atoms with Crippen LogP contribution in [0.15, 0.2) is 12.1 Å². The van der Waals surface area contributed by atoms with Crippen LogP contribution in [0.25, 0.3) is 0 Å². The average molecular weight is 283 g/mol. The fraction of sp³-hybridized carbons (Fsp3) is 0.500. The first-order valence-electron chi connectivity index (χ1n) is 6.14. The molecule has 20 heavy (non-hydrogen) atoms. The summed E-state index contributed by atoms with van der Waals surface area (Å²) in [6.45, 7) is 1.45. The summed E-state index contributed by atoms with van der Waals surface area (Å²) < 4.78 is 21.1. The lowest BCUT2D eigenvalue weighted by molar-refractivity contribution is -0.114. The van der Waals surface area contributed by atoms with Crippen LogP contribution in [-0.4, -0.2) is 40.6 Å². The molecule has 6 heteroatoms. The van der Waals surface area contributed by atoms with Gasteiger partial charge in [0.05, 0.1) is 14.2 Å². The van der Waals surface area contributed by atoms with Gasteiger partial charge in [0.25, 0.3) is 0 Å². The third-order valence-electron chi connectivity index (χ3n) is 2.86. The highest BCUT2D eigenvalue weighted by Crippen LogP contribution is 2.37. The molecule has 1 aromatic carbocycles. The van der Waals surface area contributed by atoms with Gasteiger partial charge >= 0.3 is 0 Å². The molecule has 0 saturated heterocycles. The quantitative estimate of drug-likeness (QED) is 0.773. The van der Waals surface area contributed by atoms with Gasteiger partial charge in [-0.3, -0.25) is 4.79 Å². The van der Waals surface area contributed by atoms with Crippen molar-refractivity contribution in [2.24, 2.45) is 0 Å². The Hall–Kier alpha value is -1.79. The molecule has 0 spiro atoms. The molecule has 0 saturated carbocycles. The lowest BCUT2D eigenvalue weighted by atomic mass is 10.1. The first-order valence-corrected chi connectivity index (χ1v) is 6.14. The van der Waals surface area contributed by atoms with Gasteiger partial charge in [0.2, 0.25) is 5.91 Å². The van der Waals surface area contributed by atoms with E-state index in [1.807, 2.05) is 0 Å². The number of amides is 1. The van der Waals surface area contributed by atoms with Gasteiger partial charge < -0.3 is 24.3 Å². The molecule has 0 fully saturated rings. The molecule has 1 aromatic rings. The van der Waals surface area contributed by atoms with Gasteiger partial charge in [-0.15, -0.1) is 0 Å². The van der Waals surface area contributed by atoms with Gasteiger partial charge in [-0.05, 0) is 12.1 Å². The van der Waals surface area contributed by atoms with Gasteiger partial charge in [0.1, 0.15) is 0 Å². The molecule has 0 aliphatic rings. The Morgan fingerprint density at radius 3 is 2.25 bits per heavy atom. The highest BCUT2D eigenvalue weighted by Gasteiger charge is 2.19. The second-order valence-electron chi connectivity index (χ2n) is 4.11. The zero-order valence-electron chi connectivity index (χ0n) is 12.5. The highest BCUT2D eigenvalue weighted by atomic mass is 16.7. The van der Waals surface area contributed by atoms with Crippen LogP contribution in [0.1, 0.15) is 12.5 Å². The molecule has 0 unspecified atom stereocenters. The van der Waals surface area contributed by atoms with Crippen LogP contribution in [0.3, 0.4) is 0 Å². The number of nitrogens with one attached hydrogen (secondary N) is 1. The summed E-state index contributed by atoms with van der Waals surface area (Å²) in [6, 6.07) is 3.50. The number of carbonyl (C=O) groups excluding carboxylic acids is 1. The van der Waals surface area contributed by atoms with Gasteiger partial charge in [0, 0.05) is 38.8 Å². The number of hydrogen-bond donors (Lipinski definition) is 1. The molecule has 1 rings (SSSR count). The largest absolute Gasteiger partial charge is 0.493 e. The Morgan fingerprint density at radius 1 is 1.15 bits per heavy atom. The Bertz CT molecular complexity index is 457. The number of carbonyl (C=O) groups is 1. The third-order valence-corrected chi connectivity index (χ3v) is 2.86. The van der Waals surface area contributed by atoms with Crippen molar-refractivity contribution in [3.8, 4) is 11.5 Å². The van der Waals surface area contributed by atoms with E-state index in [9.17, 15) is 4.79 Å². The summed E-state index contributed by atoms with van der Waals surface area (Å²) in [5.74, 6) is 0.977. The van der Waals surface area contributed by atoms with Crippen LogP contribution in [0.5, 0.6) is 11.5 Å². The molecular formula is C14H21NO5. The lowest BCUT2D eigenvalue weighted by Crippen LogP contribution is -2.19. The average Bonchev–Trinajstić information content (AvgIpc) is 2.44. The third kappa shape index (κ3) is 3.85. The van der Waals surface area contributed by atoms with Gasteiger partial charge in [-0.2, -0.15) is 0 Å². The standard InChI is InChI=1S/C14H21NO5/c1-9(16)15-11-6-7-12(17-2)14(20-5)10(11)8-13(18-3)19-4/h6-7,13H,8H2,1-5H3,(H,15,16). The Labute approximate surface area is 119 Å². The first-order chi connectivity index (χ1) is 9.57. The van der Waals surface area contributed by atoms with Crippen LogP contribution in [0.4, 0.5) is 5.69 Å². The molecule has 0 bridgehead atoms. The normalized spacial score (nSPS) is 10.5. The van der Waals surface area contributed by atoms with Crippen molar-refractivity contribution in [2.45, 2.75) is 19.6 Å². The molecule has 0 aromatic heterocycles. The van der Waals surface area contributed by atoms with Crippen LogP contribution in [0, 0.1) is 0 Å². The van der Waals surface area contributed by atoms with Crippen LogP contribution >= 0.6 is 0 Å². The Kier molecular flexibility index (Phi) is 6.27. The maximum Gasteiger partial charge on any atom is 0.221 e. The zero-order chi connectivity index (χ0) is 15.1. The van der Waals surface area contributed by atoms with E-state index in [-0.39, 0.29) is 5.91 Å². The number of anilines is 1. The summed E-state index contributed by atoms with van der Waals surface area (Å²) in [5.41, 5.74) is 1.41. The number of hydrogen-bond acceptors (Lipinski definition) is 5.